The highest BCUT2D eigenvalue weighted by molar-refractivity contribution is 5.85. The molecule has 1 aromatic rings. The molecule has 1 aromatic carbocycles. The van der Waals surface area contributed by atoms with Crippen molar-refractivity contribution >= 4 is 24.1 Å². The van der Waals surface area contributed by atoms with Crippen LogP contribution >= 0.6 is 12.4 Å². The molecule has 0 saturated carbocycles. The van der Waals surface area contributed by atoms with E-state index in [9.17, 15) is 14.9 Å². The minimum Gasteiger partial charge on any atom is -0.468 e. The van der Waals surface area contributed by atoms with Crippen molar-refractivity contribution in [3.8, 4) is 0 Å². The van der Waals surface area contributed by atoms with Crippen molar-refractivity contribution in [2.45, 2.75) is 19.4 Å². The molecule has 1 unspecified atom stereocenters. The van der Waals surface area contributed by atoms with Crippen LogP contribution in [-0.4, -0.2) is 24.0 Å². The Kier molecular flexibility index (Phi) is 6.29. The summed E-state index contributed by atoms with van der Waals surface area (Å²) in [4.78, 5) is 21.3. The van der Waals surface area contributed by atoms with Gasteiger partial charge in [0.2, 0.25) is 0 Å². The lowest BCUT2D eigenvalue weighted by Crippen LogP contribution is -2.33. The Bertz CT molecular complexity index is 451. The predicted octanol–water partition coefficient (Wildman–Crippen LogP) is 1.37. The quantitative estimate of drug-likeness (QED) is 0.508. The highest BCUT2D eigenvalue weighted by atomic mass is 35.5. The van der Waals surface area contributed by atoms with E-state index in [0.717, 1.165) is 5.56 Å². The summed E-state index contributed by atoms with van der Waals surface area (Å²) in [5.74, 6) is -0.499. The Labute approximate surface area is 111 Å². The van der Waals surface area contributed by atoms with E-state index in [1.807, 2.05) is 0 Å². The van der Waals surface area contributed by atoms with Crippen LogP contribution in [0, 0.1) is 17.0 Å². The number of methoxy groups -OCH3 is 1. The van der Waals surface area contributed by atoms with Crippen LogP contribution in [0.5, 0.6) is 0 Å². The normalized spacial score (nSPS) is 11.3. The van der Waals surface area contributed by atoms with Crippen molar-refractivity contribution in [2.75, 3.05) is 7.11 Å². The van der Waals surface area contributed by atoms with Gasteiger partial charge in [0.25, 0.3) is 5.69 Å². The second-order valence-electron chi connectivity index (χ2n) is 3.71. The lowest BCUT2D eigenvalue weighted by molar-refractivity contribution is -0.385. The number of aryl methyl sites for hydroxylation is 1. The smallest absolute Gasteiger partial charge is 0.322 e. The number of nitro benzene ring substituents is 1. The topological polar surface area (TPSA) is 95.5 Å². The number of rotatable bonds is 4. The Balaban J connectivity index is 0.00000289. The molecule has 0 bridgehead atoms. The van der Waals surface area contributed by atoms with Gasteiger partial charge in [0.15, 0.2) is 0 Å². The van der Waals surface area contributed by atoms with Crippen LogP contribution in [0.4, 0.5) is 5.69 Å². The minimum atomic E-state index is -0.749. The van der Waals surface area contributed by atoms with Gasteiger partial charge in [-0.15, -0.1) is 12.4 Å². The molecule has 18 heavy (non-hydrogen) atoms. The zero-order chi connectivity index (χ0) is 13.0. The molecule has 2 N–H and O–H groups in total. The van der Waals surface area contributed by atoms with E-state index in [1.165, 1.54) is 13.2 Å². The van der Waals surface area contributed by atoms with E-state index in [1.54, 1.807) is 19.1 Å². The Hall–Kier alpha value is -1.66. The van der Waals surface area contributed by atoms with E-state index >= 15 is 0 Å². The first kappa shape index (κ1) is 16.3. The van der Waals surface area contributed by atoms with Crippen molar-refractivity contribution < 1.29 is 14.5 Å². The summed E-state index contributed by atoms with van der Waals surface area (Å²) in [6.07, 6.45) is 0.297. The maximum absolute atomic E-state index is 11.1. The average Bonchev–Trinajstić information content (AvgIpc) is 2.27. The first-order valence-corrected chi connectivity index (χ1v) is 5.03. The van der Waals surface area contributed by atoms with Gasteiger partial charge in [-0.25, -0.2) is 0 Å². The second kappa shape index (κ2) is 6.93. The second-order valence-corrected chi connectivity index (χ2v) is 3.71. The van der Waals surface area contributed by atoms with Gasteiger partial charge in [-0.05, 0) is 25.0 Å². The van der Waals surface area contributed by atoms with Gasteiger partial charge in [0.05, 0.1) is 12.0 Å². The maximum Gasteiger partial charge on any atom is 0.322 e. The van der Waals surface area contributed by atoms with E-state index in [2.05, 4.69) is 4.74 Å². The molecule has 100 valence electrons. The van der Waals surface area contributed by atoms with Crippen molar-refractivity contribution in [2.24, 2.45) is 5.73 Å². The standard InChI is InChI=1S/C11H14N2O4.ClH/c1-7-5-8(3-4-10(7)13(15)16)6-9(12)11(14)17-2;/h3-5,9H,6,12H2,1-2H3;1H. The fraction of sp³-hybridized carbons (Fsp3) is 0.364. The SMILES string of the molecule is COC(=O)C(N)Cc1ccc([N+](=O)[O-])c(C)c1.Cl. The summed E-state index contributed by atoms with van der Waals surface area (Å²) < 4.78 is 4.50. The van der Waals surface area contributed by atoms with Gasteiger partial charge in [-0.1, -0.05) is 6.07 Å². The number of ether oxygens (including phenoxy) is 1. The average molecular weight is 275 g/mol. The van der Waals surface area contributed by atoms with Gasteiger partial charge < -0.3 is 10.5 Å². The third kappa shape index (κ3) is 3.97. The molecule has 1 rings (SSSR count). The van der Waals surface area contributed by atoms with Crippen molar-refractivity contribution in [1.29, 1.82) is 0 Å². The molecular weight excluding hydrogens is 260 g/mol. The molecule has 0 aliphatic heterocycles. The fourth-order valence-corrected chi connectivity index (χ4v) is 1.54. The molecular formula is C11H15ClN2O4. The number of benzene rings is 1. The number of esters is 1. The molecule has 0 amide bonds. The molecule has 1 atom stereocenters. The third-order valence-corrected chi connectivity index (χ3v) is 2.42. The third-order valence-electron chi connectivity index (χ3n) is 2.42. The zero-order valence-electron chi connectivity index (χ0n) is 10.1. The highest BCUT2D eigenvalue weighted by Gasteiger charge is 2.16. The molecule has 0 saturated heterocycles. The Morgan fingerprint density at radius 1 is 1.56 bits per heavy atom. The largest absolute Gasteiger partial charge is 0.468 e. The number of carbonyl (C=O) groups is 1. The number of nitrogens with two attached hydrogens (primary N) is 1. The van der Waals surface area contributed by atoms with Crippen LogP contribution in [0.3, 0.4) is 0 Å². The van der Waals surface area contributed by atoms with Gasteiger partial charge >= 0.3 is 5.97 Å². The van der Waals surface area contributed by atoms with Crippen molar-refractivity contribution in [3.05, 3.63) is 39.4 Å². The van der Waals surface area contributed by atoms with E-state index in [0.29, 0.717) is 12.0 Å². The number of halogens is 1. The van der Waals surface area contributed by atoms with Crippen LogP contribution < -0.4 is 5.73 Å². The first-order valence-electron chi connectivity index (χ1n) is 5.03. The molecule has 6 nitrogen and oxygen atoms in total. The summed E-state index contributed by atoms with van der Waals surface area (Å²) in [7, 11) is 1.27. The Morgan fingerprint density at radius 3 is 2.61 bits per heavy atom. The van der Waals surface area contributed by atoms with Crippen molar-refractivity contribution in [3.63, 3.8) is 0 Å². The first-order chi connectivity index (χ1) is 7.95. The number of carbonyl (C=O) groups excluding carboxylic acids is 1. The highest BCUT2D eigenvalue weighted by Crippen LogP contribution is 2.19. The Morgan fingerprint density at radius 2 is 2.17 bits per heavy atom. The number of hydrogen-bond donors (Lipinski definition) is 1. The maximum atomic E-state index is 11.1. The summed E-state index contributed by atoms with van der Waals surface area (Å²) in [6.45, 7) is 1.64. The summed E-state index contributed by atoms with van der Waals surface area (Å²) in [6, 6.07) is 3.91. The predicted molar refractivity (Wildman–Crippen MR) is 68.8 cm³/mol. The summed E-state index contributed by atoms with van der Waals surface area (Å²) >= 11 is 0. The van der Waals surface area contributed by atoms with Gasteiger partial charge in [0, 0.05) is 11.6 Å². The lowest BCUT2D eigenvalue weighted by Gasteiger charge is -2.09. The summed E-state index contributed by atoms with van der Waals surface area (Å²) in [5, 5.41) is 10.6. The molecule has 0 aromatic heterocycles. The van der Waals surface area contributed by atoms with Crippen LogP contribution in [0.25, 0.3) is 0 Å². The van der Waals surface area contributed by atoms with E-state index < -0.39 is 16.9 Å². The molecule has 0 radical (unpaired) electrons. The monoisotopic (exact) mass is 274 g/mol. The molecule has 0 fully saturated rings. The molecule has 0 spiro atoms. The summed E-state index contributed by atoms with van der Waals surface area (Å²) in [5.41, 5.74) is 6.97. The van der Waals surface area contributed by atoms with Gasteiger partial charge in [0.1, 0.15) is 6.04 Å². The molecule has 0 heterocycles. The van der Waals surface area contributed by atoms with Crippen LogP contribution in [-0.2, 0) is 16.0 Å². The van der Waals surface area contributed by atoms with Crippen molar-refractivity contribution in [1.82, 2.24) is 0 Å². The minimum absolute atomic E-state index is 0. The van der Waals surface area contributed by atoms with Gasteiger partial charge in [-0.3, -0.25) is 14.9 Å². The lowest BCUT2D eigenvalue weighted by atomic mass is 10.0. The van der Waals surface area contributed by atoms with E-state index in [-0.39, 0.29) is 18.1 Å². The van der Waals surface area contributed by atoms with Crippen LogP contribution in [0.2, 0.25) is 0 Å². The fourth-order valence-electron chi connectivity index (χ4n) is 1.54. The number of nitro groups is 1. The molecule has 0 aliphatic carbocycles. The van der Waals surface area contributed by atoms with Crippen LogP contribution in [0.1, 0.15) is 11.1 Å². The van der Waals surface area contributed by atoms with Gasteiger partial charge in [-0.2, -0.15) is 0 Å². The molecule has 0 aliphatic rings. The van der Waals surface area contributed by atoms with Crippen LogP contribution in [0.15, 0.2) is 18.2 Å². The molecule has 7 heteroatoms. The van der Waals surface area contributed by atoms with E-state index in [4.69, 9.17) is 5.73 Å². The number of nitrogens with zero attached hydrogens (tertiary/aromatic N) is 1. The zero-order valence-corrected chi connectivity index (χ0v) is 10.9. The number of hydrogen-bond acceptors (Lipinski definition) is 5.